The number of amides is 1. The number of nitriles is 1. The predicted octanol–water partition coefficient (Wildman–Crippen LogP) is 7.71. The van der Waals surface area contributed by atoms with E-state index in [1.807, 2.05) is 34.0 Å². The van der Waals surface area contributed by atoms with E-state index in [0.717, 1.165) is 50.5 Å². The van der Waals surface area contributed by atoms with Crippen LogP contribution < -0.4 is 0 Å². The van der Waals surface area contributed by atoms with Crippen LogP contribution in [0.3, 0.4) is 0 Å². The third-order valence-electron chi connectivity index (χ3n) is 12.0. The molecule has 2 saturated carbocycles. The van der Waals surface area contributed by atoms with Crippen LogP contribution >= 0.6 is 0 Å². The van der Waals surface area contributed by atoms with E-state index < -0.39 is 16.2 Å². The Hall–Kier alpha value is -2.22. The van der Waals surface area contributed by atoms with Crippen molar-refractivity contribution in [3.05, 3.63) is 23.3 Å². The van der Waals surface area contributed by atoms with Crippen LogP contribution in [0.15, 0.2) is 23.3 Å². The van der Waals surface area contributed by atoms with Crippen LogP contribution in [0.25, 0.3) is 0 Å². The highest BCUT2D eigenvalue weighted by atomic mass is 16.2. The Kier molecular flexibility index (Phi) is 8.28. The van der Waals surface area contributed by atoms with Gasteiger partial charge >= 0.3 is 0 Å². The highest BCUT2D eigenvalue weighted by Crippen LogP contribution is 2.67. The molecule has 3 aliphatic rings. The van der Waals surface area contributed by atoms with Gasteiger partial charge in [0.05, 0.1) is 11.0 Å². The Morgan fingerprint density at radius 2 is 1.70 bits per heavy atom. The third kappa shape index (κ3) is 5.03. The molecule has 3 rings (SSSR count). The largest absolute Gasteiger partial charge is 0.348 e. The molecule has 0 spiro atoms. The number of carbonyl (C=O) groups excluding carboxylic acids is 3. The van der Waals surface area contributed by atoms with Crippen LogP contribution in [-0.2, 0) is 14.4 Å². The lowest BCUT2D eigenvalue weighted by molar-refractivity contribution is -0.149. The van der Waals surface area contributed by atoms with Crippen molar-refractivity contribution in [2.24, 2.45) is 44.3 Å². The van der Waals surface area contributed by atoms with Gasteiger partial charge < -0.3 is 4.90 Å². The van der Waals surface area contributed by atoms with Crippen LogP contribution in [0, 0.1) is 55.7 Å². The van der Waals surface area contributed by atoms with Crippen molar-refractivity contribution in [3.8, 4) is 6.07 Å². The average Bonchev–Trinajstić information content (AvgIpc) is 2.82. The number of carbonyl (C=O) groups is 3. The maximum absolute atomic E-state index is 13.8. The summed E-state index contributed by atoms with van der Waals surface area (Å²) in [6.45, 7) is 21.4. The molecule has 0 heterocycles. The van der Waals surface area contributed by atoms with E-state index >= 15 is 0 Å². The second kappa shape index (κ2) is 10.2. The molecule has 40 heavy (non-hydrogen) atoms. The summed E-state index contributed by atoms with van der Waals surface area (Å²) in [4.78, 5) is 41.6. The standard InChI is InChI=1S/C35H54N2O3/c1-23-20-30(3,4)15-17-35(23,29(40)37(11)12)18-16-31(5,6)34(10)14-13-26-32(7,8)28(39)25(22-36)21-33(26,9)27(34)19-24(2)38/h19,21,23,26H,13-18,20H2,1-12H3/b27-19-/t23?,26-,33-,34+,35-/m0/s1. The monoisotopic (exact) mass is 550 g/mol. The molecule has 0 aromatic rings. The van der Waals surface area contributed by atoms with E-state index in [9.17, 15) is 19.6 Å². The predicted molar refractivity (Wildman–Crippen MR) is 161 cm³/mol. The summed E-state index contributed by atoms with van der Waals surface area (Å²) in [5, 5.41) is 9.91. The highest BCUT2D eigenvalue weighted by Gasteiger charge is 2.61. The summed E-state index contributed by atoms with van der Waals surface area (Å²) in [7, 11) is 3.76. The molecule has 0 saturated heterocycles. The van der Waals surface area contributed by atoms with Crippen molar-refractivity contribution in [2.75, 3.05) is 14.1 Å². The maximum Gasteiger partial charge on any atom is 0.228 e. The van der Waals surface area contributed by atoms with Crippen molar-refractivity contribution < 1.29 is 14.4 Å². The van der Waals surface area contributed by atoms with Crippen molar-refractivity contribution in [3.63, 3.8) is 0 Å². The molecule has 0 N–H and O–H groups in total. The first-order chi connectivity index (χ1) is 18.1. The Balaban J connectivity index is 2.10. The van der Waals surface area contributed by atoms with Crippen molar-refractivity contribution in [2.45, 2.75) is 114 Å². The molecule has 3 aliphatic carbocycles. The van der Waals surface area contributed by atoms with Crippen LogP contribution in [0.1, 0.15) is 114 Å². The zero-order chi connectivity index (χ0) is 30.7. The van der Waals surface area contributed by atoms with Gasteiger partial charge in [0, 0.05) is 24.9 Å². The number of allylic oxidation sites excluding steroid dienone is 4. The lowest BCUT2D eigenvalue weighted by Crippen LogP contribution is -2.56. The van der Waals surface area contributed by atoms with E-state index in [1.54, 1.807) is 17.9 Å². The molecule has 5 atom stereocenters. The highest BCUT2D eigenvalue weighted by molar-refractivity contribution is 6.04. The number of hydrogen-bond donors (Lipinski definition) is 0. The fourth-order valence-electron chi connectivity index (χ4n) is 9.10. The van der Waals surface area contributed by atoms with Crippen LogP contribution in [-0.4, -0.2) is 36.5 Å². The number of Topliss-reactive ketones (excluding diaryl/α,β-unsaturated/α-hetero) is 1. The second-order valence-electron chi connectivity index (χ2n) is 16.1. The lowest BCUT2D eigenvalue weighted by Gasteiger charge is -2.61. The van der Waals surface area contributed by atoms with E-state index in [1.165, 1.54) is 0 Å². The fourth-order valence-corrected chi connectivity index (χ4v) is 9.10. The van der Waals surface area contributed by atoms with E-state index in [4.69, 9.17) is 0 Å². The first kappa shape index (κ1) is 32.3. The van der Waals surface area contributed by atoms with Gasteiger partial charge in [-0.3, -0.25) is 14.4 Å². The molecule has 222 valence electrons. The topological polar surface area (TPSA) is 78.2 Å². The summed E-state index contributed by atoms with van der Waals surface area (Å²) in [5.74, 6) is 0.410. The number of nitrogens with zero attached hydrogens (tertiary/aromatic N) is 2. The van der Waals surface area contributed by atoms with E-state index in [0.29, 0.717) is 0 Å². The SMILES string of the molecule is CC(=O)/C=C1/[C@@]2(C)C=C(C#N)C(=O)C(C)(C)[C@@H]2CC[C@@]1(C)C(C)(C)CC[C@@]1(C(=O)N(C)C)CCC(C)(C)CC1C. The molecular weight excluding hydrogens is 496 g/mol. The number of hydrogen-bond acceptors (Lipinski definition) is 4. The fraction of sp³-hybridized carbons (Fsp3) is 0.771. The zero-order valence-electron chi connectivity index (χ0n) is 27.4. The van der Waals surface area contributed by atoms with Crippen LogP contribution in [0.5, 0.6) is 0 Å². The van der Waals surface area contributed by atoms with Gasteiger partial charge in [0.25, 0.3) is 0 Å². The minimum atomic E-state index is -0.692. The molecule has 0 bridgehead atoms. The van der Waals surface area contributed by atoms with Gasteiger partial charge in [-0.05, 0) is 86.0 Å². The number of ketones is 2. The van der Waals surface area contributed by atoms with E-state index in [2.05, 4.69) is 54.5 Å². The molecule has 0 radical (unpaired) electrons. The molecule has 0 aromatic heterocycles. The number of rotatable bonds is 6. The summed E-state index contributed by atoms with van der Waals surface area (Å²) in [6.07, 6.45) is 9.98. The molecule has 5 heteroatoms. The third-order valence-corrected chi connectivity index (χ3v) is 12.0. The number of fused-ring (bicyclic) bond motifs is 1. The van der Waals surface area contributed by atoms with Crippen molar-refractivity contribution >= 4 is 17.5 Å². The van der Waals surface area contributed by atoms with Gasteiger partial charge in [0.15, 0.2) is 11.6 Å². The second-order valence-corrected chi connectivity index (χ2v) is 16.1. The molecule has 5 nitrogen and oxygen atoms in total. The zero-order valence-corrected chi connectivity index (χ0v) is 27.4. The summed E-state index contributed by atoms with van der Waals surface area (Å²) < 4.78 is 0. The van der Waals surface area contributed by atoms with Gasteiger partial charge in [-0.1, -0.05) is 74.0 Å². The Labute approximate surface area is 243 Å². The molecule has 1 unspecified atom stereocenters. The normalized spacial score (nSPS) is 36.3. The molecule has 2 fully saturated rings. The summed E-state index contributed by atoms with van der Waals surface area (Å²) in [5.41, 5.74) is -0.789. The van der Waals surface area contributed by atoms with Gasteiger partial charge in [-0.2, -0.15) is 5.26 Å². The quantitative estimate of drug-likeness (QED) is 0.317. The molecule has 0 aromatic carbocycles. The van der Waals surface area contributed by atoms with E-state index in [-0.39, 0.29) is 51.1 Å². The lowest BCUT2D eigenvalue weighted by atomic mass is 9.42. The smallest absolute Gasteiger partial charge is 0.228 e. The van der Waals surface area contributed by atoms with Crippen molar-refractivity contribution in [1.82, 2.24) is 4.90 Å². The van der Waals surface area contributed by atoms with Gasteiger partial charge in [-0.15, -0.1) is 0 Å². The Bertz CT molecular complexity index is 1180. The molecule has 0 aliphatic heterocycles. The maximum atomic E-state index is 13.8. The first-order valence-electron chi connectivity index (χ1n) is 15.2. The van der Waals surface area contributed by atoms with Gasteiger partial charge in [0.1, 0.15) is 6.07 Å². The first-order valence-corrected chi connectivity index (χ1v) is 15.2. The van der Waals surface area contributed by atoms with Crippen LogP contribution in [0.4, 0.5) is 0 Å². The minimum Gasteiger partial charge on any atom is -0.348 e. The van der Waals surface area contributed by atoms with Crippen molar-refractivity contribution in [1.29, 1.82) is 5.26 Å². The molecule has 1 amide bonds. The van der Waals surface area contributed by atoms with Gasteiger partial charge in [0.2, 0.25) is 5.91 Å². The van der Waals surface area contributed by atoms with Gasteiger partial charge in [-0.25, -0.2) is 0 Å². The Morgan fingerprint density at radius 1 is 1.10 bits per heavy atom. The summed E-state index contributed by atoms with van der Waals surface area (Å²) >= 11 is 0. The minimum absolute atomic E-state index is 0.00124. The summed E-state index contributed by atoms with van der Waals surface area (Å²) in [6, 6.07) is 2.17. The van der Waals surface area contributed by atoms with Crippen LogP contribution in [0.2, 0.25) is 0 Å². The average molecular weight is 551 g/mol. The Morgan fingerprint density at radius 3 is 2.20 bits per heavy atom. The molecular formula is C35H54N2O3.